The predicted molar refractivity (Wildman–Crippen MR) is 97.7 cm³/mol. The Bertz CT molecular complexity index is 886. The van der Waals surface area contributed by atoms with Gasteiger partial charge in [-0.2, -0.15) is 13.2 Å². The third-order valence-electron chi connectivity index (χ3n) is 4.81. The lowest BCUT2D eigenvalue weighted by Gasteiger charge is -2.28. The molecule has 3 rings (SSSR count). The fourth-order valence-electron chi connectivity index (χ4n) is 3.33. The largest absolute Gasteiger partial charge is 0.507 e. The molecule has 2 N–H and O–H groups in total. The number of nitrogens with one attached hydrogen (secondary N) is 1. The Hall–Kier alpha value is -2.68. The number of phenolic OH excluding ortho intramolecular Hbond substituents is 1. The van der Waals surface area contributed by atoms with Crippen molar-refractivity contribution in [2.45, 2.75) is 25.9 Å². The number of anilines is 1. The fourth-order valence-corrected chi connectivity index (χ4v) is 3.33. The van der Waals surface area contributed by atoms with Crippen LogP contribution in [0.25, 0.3) is 11.3 Å². The first-order chi connectivity index (χ1) is 13.1. The predicted octanol–water partition coefficient (Wildman–Crippen LogP) is 3.46. The zero-order chi connectivity index (χ0) is 20.5. The van der Waals surface area contributed by atoms with Gasteiger partial charge in [0.25, 0.3) is 0 Å². The molecular weight excluding hydrogens is 373 g/mol. The Balaban J connectivity index is 1.78. The van der Waals surface area contributed by atoms with Crippen LogP contribution in [0, 0.1) is 12.8 Å². The summed E-state index contributed by atoms with van der Waals surface area (Å²) < 4.78 is 38.3. The first-order valence-electron chi connectivity index (χ1n) is 8.89. The van der Waals surface area contributed by atoms with Crippen LogP contribution in [-0.2, 0) is 11.0 Å². The third-order valence-corrected chi connectivity index (χ3v) is 4.81. The van der Waals surface area contributed by atoms with Crippen molar-refractivity contribution in [2.24, 2.45) is 5.92 Å². The molecule has 1 atom stereocenters. The molecule has 0 spiro atoms. The standard InChI is InChI=1S/C19H21F3N4O2/c1-11-8-16(23-18(28)12-4-3-7-26(2)10-12)24-25-17(11)14-6-5-13(9-15(14)27)19(20,21)22/h5-6,8-9,12,27H,3-4,7,10H2,1-2H3,(H,23,24,28)/t12-/m0/s1. The molecule has 1 aliphatic heterocycles. The van der Waals surface area contributed by atoms with E-state index in [0.29, 0.717) is 18.2 Å². The summed E-state index contributed by atoms with van der Waals surface area (Å²) >= 11 is 0. The summed E-state index contributed by atoms with van der Waals surface area (Å²) in [7, 11) is 1.97. The smallest absolute Gasteiger partial charge is 0.416 e. The molecule has 28 heavy (non-hydrogen) atoms. The number of aryl methyl sites for hydroxylation is 1. The van der Waals surface area contributed by atoms with E-state index in [-0.39, 0.29) is 28.9 Å². The lowest BCUT2D eigenvalue weighted by molar-refractivity contribution is -0.137. The Morgan fingerprint density at radius 2 is 2.04 bits per heavy atom. The van der Waals surface area contributed by atoms with Crippen LogP contribution < -0.4 is 5.32 Å². The molecule has 9 heteroatoms. The maximum atomic E-state index is 12.8. The molecule has 0 saturated carbocycles. The molecule has 1 aromatic heterocycles. The van der Waals surface area contributed by atoms with Crippen molar-refractivity contribution < 1.29 is 23.1 Å². The lowest BCUT2D eigenvalue weighted by Crippen LogP contribution is -2.38. The second-order valence-electron chi connectivity index (χ2n) is 7.08. The number of aromatic hydroxyl groups is 1. The quantitative estimate of drug-likeness (QED) is 0.834. The van der Waals surface area contributed by atoms with Gasteiger partial charge in [-0.25, -0.2) is 0 Å². The number of nitrogens with zero attached hydrogens (tertiary/aromatic N) is 3. The van der Waals surface area contributed by atoms with E-state index >= 15 is 0 Å². The molecule has 0 bridgehead atoms. The summed E-state index contributed by atoms with van der Waals surface area (Å²) in [5.74, 6) is -0.523. The third kappa shape index (κ3) is 4.41. The Labute approximate surface area is 160 Å². The van der Waals surface area contributed by atoms with Crippen molar-refractivity contribution in [3.63, 3.8) is 0 Å². The van der Waals surface area contributed by atoms with Crippen molar-refractivity contribution in [3.8, 4) is 17.0 Å². The number of carbonyl (C=O) groups is 1. The van der Waals surface area contributed by atoms with E-state index < -0.39 is 17.5 Å². The number of aromatic nitrogens is 2. The highest BCUT2D eigenvalue weighted by atomic mass is 19.4. The highest BCUT2D eigenvalue weighted by Gasteiger charge is 2.31. The number of halogens is 3. The van der Waals surface area contributed by atoms with Gasteiger partial charge in [0.05, 0.1) is 17.2 Å². The number of hydrogen-bond donors (Lipinski definition) is 2. The Kier molecular flexibility index (Phi) is 5.55. The van der Waals surface area contributed by atoms with Crippen molar-refractivity contribution >= 4 is 11.7 Å². The molecule has 2 heterocycles. The fraction of sp³-hybridized carbons (Fsp3) is 0.421. The van der Waals surface area contributed by atoms with Gasteiger partial charge in [-0.15, -0.1) is 10.2 Å². The number of carbonyl (C=O) groups excluding carboxylic acids is 1. The van der Waals surface area contributed by atoms with Gasteiger partial charge < -0.3 is 15.3 Å². The second kappa shape index (κ2) is 7.75. The summed E-state index contributed by atoms with van der Waals surface area (Å²) in [6, 6.07) is 4.28. The van der Waals surface area contributed by atoms with E-state index in [4.69, 9.17) is 0 Å². The summed E-state index contributed by atoms with van der Waals surface area (Å²) in [4.78, 5) is 14.5. The number of alkyl halides is 3. The molecular formula is C19H21F3N4O2. The lowest BCUT2D eigenvalue weighted by atomic mass is 9.97. The Morgan fingerprint density at radius 3 is 2.64 bits per heavy atom. The summed E-state index contributed by atoms with van der Waals surface area (Å²) in [5.41, 5.74) is 0.0215. The molecule has 0 unspecified atom stereocenters. The highest BCUT2D eigenvalue weighted by molar-refractivity contribution is 5.92. The number of likely N-dealkylation sites (tertiary alicyclic amines) is 1. The van der Waals surface area contributed by atoms with Gasteiger partial charge in [-0.3, -0.25) is 4.79 Å². The van der Waals surface area contributed by atoms with E-state index in [1.165, 1.54) is 0 Å². The number of amides is 1. The maximum Gasteiger partial charge on any atom is 0.416 e. The number of piperidine rings is 1. The SMILES string of the molecule is Cc1cc(NC(=O)[C@H]2CCCN(C)C2)nnc1-c1ccc(C(F)(F)F)cc1O. The van der Waals surface area contributed by atoms with Gasteiger partial charge in [0.15, 0.2) is 5.82 Å². The molecule has 0 aliphatic carbocycles. The normalized spacial score (nSPS) is 18.1. The molecule has 0 radical (unpaired) electrons. The van der Waals surface area contributed by atoms with E-state index in [9.17, 15) is 23.1 Å². The molecule has 1 aliphatic rings. The Morgan fingerprint density at radius 1 is 1.29 bits per heavy atom. The molecule has 1 amide bonds. The van der Waals surface area contributed by atoms with Crippen LogP contribution in [0.3, 0.4) is 0 Å². The second-order valence-corrected chi connectivity index (χ2v) is 7.08. The van der Waals surface area contributed by atoms with Gasteiger partial charge in [0, 0.05) is 12.1 Å². The van der Waals surface area contributed by atoms with Gasteiger partial charge in [-0.1, -0.05) is 0 Å². The molecule has 1 fully saturated rings. The van der Waals surface area contributed by atoms with Crippen molar-refractivity contribution in [1.82, 2.24) is 15.1 Å². The molecule has 150 valence electrons. The highest BCUT2D eigenvalue weighted by Crippen LogP contribution is 2.36. The maximum absolute atomic E-state index is 12.8. The van der Waals surface area contributed by atoms with Crippen LogP contribution in [0.4, 0.5) is 19.0 Å². The number of rotatable bonds is 3. The topological polar surface area (TPSA) is 78.4 Å². The van der Waals surface area contributed by atoms with Gasteiger partial charge in [0.1, 0.15) is 5.75 Å². The van der Waals surface area contributed by atoms with Crippen LogP contribution in [0.1, 0.15) is 24.0 Å². The van der Waals surface area contributed by atoms with Crippen LogP contribution in [-0.4, -0.2) is 46.2 Å². The van der Waals surface area contributed by atoms with E-state index in [1.54, 1.807) is 13.0 Å². The summed E-state index contributed by atoms with van der Waals surface area (Å²) in [5, 5.41) is 20.7. The van der Waals surface area contributed by atoms with Crippen molar-refractivity contribution in [1.29, 1.82) is 0 Å². The minimum atomic E-state index is -4.54. The minimum absolute atomic E-state index is 0.125. The van der Waals surface area contributed by atoms with Crippen LogP contribution in [0.15, 0.2) is 24.3 Å². The zero-order valence-electron chi connectivity index (χ0n) is 15.5. The van der Waals surface area contributed by atoms with Gasteiger partial charge in [0.2, 0.25) is 5.91 Å². The number of phenols is 1. The summed E-state index contributed by atoms with van der Waals surface area (Å²) in [6.07, 6.45) is -2.79. The van der Waals surface area contributed by atoms with Crippen molar-refractivity contribution in [3.05, 3.63) is 35.4 Å². The molecule has 1 saturated heterocycles. The van der Waals surface area contributed by atoms with Crippen LogP contribution in [0.2, 0.25) is 0 Å². The zero-order valence-corrected chi connectivity index (χ0v) is 15.5. The molecule has 1 aromatic carbocycles. The minimum Gasteiger partial charge on any atom is -0.507 e. The number of benzene rings is 1. The average Bonchev–Trinajstić information content (AvgIpc) is 2.61. The van der Waals surface area contributed by atoms with E-state index in [0.717, 1.165) is 31.5 Å². The average molecular weight is 394 g/mol. The first-order valence-corrected chi connectivity index (χ1v) is 8.89. The summed E-state index contributed by atoms with van der Waals surface area (Å²) in [6.45, 7) is 3.33. The van der Waals surface area contributed by atoms with Gasteiger partial charge in [-0.05, 0) is 63.2 Å². The monoisotopic (exact) mass is 394 g/mol. The first kappa shape index (κ1) is 20.1. The van der Waals surface area contributed by atoms with E-state index in [2.05, 4.69) is 20.4 Å². The molecule has 6 nitrogen and oxygen atoms in total. The van der Waals surface area contributed by atoms with Crippen LogP contribution >= 0.6 is 0 Å². The van der Waals surface area contributed by atoms with E-state index in [1.807, 2.05) is 7.05 Å². The molecule has 2 aromatic rings. The van der Waals surface area contributed by atoms with Gasteiger partial charge >= 0.3 is 6.18 Å². The van der Waals surface area contributed by atoms with Crippen molar-refractivity contribution in [2.75, 3.05) is 25.5 Å². The van der Waals surface area contributed by atoms with Crippen LogP contribution in [0.5, 0.6) is 5.75 Å². The number of hydrogen-bond acceptors (Lipinski definition) is 5.